The lowest BCUT2D eigenvalue weighted by atomic mass is 10.5. The van der Waals surface area contributed by atoms with Crippen LogP contribution in [0.5, 0.6) is 5.75 Å². The number of nitrogens with zero attached hydrogens (tertiary/aromatic N) is 5. The normalized spacial score (nSPS) is 11.3. The number of hydrogen-bond donors (Lipinski definition) is 2. The Bertz CT molecular complexity index is 582. The van der Waals surface area contributed by atoms with Gasteiger partial charge in [-0.2, -0.15) is 5.10 Å². The number of aromatic nitrogens is 4. The average molecular weight is 303 g/mol. The van der Waals surface area contributed by atoms with Gasteiger partial charge in [-0.15, -0.1) is 0 Å². The molecule has 0 aliphatic carbocycles. The highest BCUT2D eigenvalue weighted by molar-refractivity contribution is 5.79. The fraction of sp³-hybridized carbons (Fsp3) is 0.429. The quantitative estimate of drug-likeness (QED) is 0.436. The highest BCUT2D eigenvalue weighted by atomic mass is 16.5. The van der Waals surface area contributed by atoms with E-state index in [0.717, 1.165) is 24.1 Å². The second-order valence-electron chi connectivity index (χ2n) is 4.46. The van der Waals surface area contributed by atoms with Gasteiger partial charge >= 0.3 is 0 Å². The first-order chi connectivity index (χ1) is 10.8. The van der Waals surface area contributed by atoms with Crippen molar-refractivity contribution < 1.29 is 4.74 Å². The van der Waals surface area contributed by atoms with E-state index >= 15 is 0 Å². The minimum Gasteiger partial charge on any atom is -0.490 e. The summed E-state index contributed by atoms with van der Waals surface area (Å²) in [5.41, 5.74) is 0. The number of ether oxygens (including phenoxy) is 1. The number of pyridine rings is 1. The molecule has 0 spiro atoms. The Hall–Kier alpha value is -2.64. The van der Waals surface area contributed by atoms with Crippen molar-refractivity contribution in [3.8, 4) is 5.75 Å². The molecule has 0 unspecified atom stereocenters. The molecule has 0 atom stereocenters. The Labute approximate surface area is 129 Å². The van der Waals surface area contributed by atoms with Crippen molar-refractivity contribution in [1.82, 2.24) is 30.4 Å². The molecular weight excluding hydrogens is 282 g/mol. The van der Waals surface area contributed by atoms with Crippen molar-refractivity contribution in [2.24, 2.45) is 12.0 Å². The Morgan fingerprint density at radius 2 is 2.32 bits per heavy atom. The van der Waals surface area contributed by atoms with Crippen LogP contribution >= 0.6 is 0 Å². The number of hydrogen-bond acceptors (Lipinski definition) is 5. The summed E-state index contributed by atoms with van der Waals surface area (Å²) in [6.07, 6.45) is 4.92. The van der Waals surface area contributed by atoms with Crippen molar-refractivity contribution in [3.63, 3.8) is 0 Å². The molecule has 0 amide bonds. The predicted octanol–water partition coefficient (Wildman–Crippen LogP) is 0.344. The van der Waals surface area contributed by atoms with Gasteiger partial charge in [0.2, 0.25) is 0 Å². The first-order valence-corrected chi connectivity index (χ1v) is 7.17. The molecule has 22 heavy (non-hydrogen) atoms. The first kappa shape index (κ1) is 15.7. The van der Waals surface area contributed by atoms with E-state index in [1.54, 1.807) is 17.1 Å². The minimum absolute atomic E-state index is 0.468. The van der Waals surface area contributed by atoms with Crippen LogP contribution in [0.3, 0.4) is 0 Å². The molecule has 0 fully saturated rings. The van der Waals surface area contributed by atoms with E-state index in [4.69, 9.17) is 4.74 Å². The van der Waals surface area contributed by atoms with Crippen LogP contribution in [-0.4, -0.2) is 45.4 Å². The van der Waals surface area contributed by atoms with Gasteiger partial charge in [-0.1, -0.05) is 0 Å². The topological polar surface area (TPSA) is 89.2 Å². The molecule has 2 N–H and O–H groups in total. The van der Waals surface area contributed by atoms with Gasteiger partial charge in [-0.25, -0.2) is 9.98 Å². The van der Waals surface area contributed by atoms with Crippen LogP contribution in [0, 0.1) is 0 Å². The Morgan fingerprint density at radius 1 is 1.41 bits per heavy atom. The maximum absolute atomic E-state index is 5.57. The van der Waals surface area contributed by atoms with Gasteiger partial charge in [0, 0.05) is 19.8 Å². The zero-order chi connectivity index (χ0) is 15.6. The van der Waals surface area contributed by atoms with Gasteiger partial charge in [0.15, 0.2) is 5.96 Å². The molecular formula is C14H21N7O. The molecule has 2 heterocycles. The molecule has 0 radical (unpaired) electrons. The molecule has 0 saturated heterocycles. The molecule has 2 rings (SSSR count). The number of guanidine groups is 1. The van der Waals surface area contributed by atoms with Gasteiger partial charge in [0.05, 0.1) is 12.7 Å². The van der Waals surface area contributed by atoms with E-state index in [1.165, 1.54) is 6.33 Å². The van der Waals surface area contributed by atoms with Crippen LogP contribution < -0.4 is 15.4 Å². The molecule has 0 bridgehead atoms. The molecule has 2 aromatic rings. The van der Waals surface area contributed by atoms with Crippen molar-refractivity contribution in [1.29, 1.82) is 0 Å². The monoisotopic (exact) mass is 303 g/mol. The SMILES string of the molecule is CCNC(=NCc1ncnn1C)NCCOc1cccnc1. The number of rotatable bonds is 7. The summed E-state index contributed by atoms with van der Waals surface area (Å²) in [6, 6.07) is 3.72. The van der Waals surface area contributed by atoms with Crippen molar-refractivity contribution in [2.75, 3.05) is 19.7 Å². The summed E-state index contributed by atoms with van der Waals surface area (Å²) in [4.78, 5) is 12.6. The summed E-state index contributed by atoms with van der Waals surface area (Å²) in [5.74, 6) is 2.29. The third-order valence-electron chi connectivity index (χ3n) is 2.83. The largest absolute Gasteiger partial charge is 0.490 e. The third kappa shape index (κ3) is 5.04. The second-order valence-corrected chi connectivity index (χ2v) is 4.46. The molecule has 118 valence electrons. The van der Waals surface area contributed by atoms with Crippen molar-refractivity contribution in [3.05, 3.63) is 36.7 Å². The fourth-order valence-corrected chi connectivity index (χ4v) is 1.73. The van der Waals surface area contributed by atoms with E-state index in [1.807, 2.05) is 26.1 Å². The van der Waals surface area contributed by atoms with Gasteiger partial charge in [0.25, 0.3) is 0 Å². The van der Waals surface area contributed by atoms with Gasteiger partial charge in [0.1, 0.15) is 31.1 Å². The number of nitrogens with one attached hydrogen (secondary N) is 2. The summed E-state index contributed by atoms with van der Waals surface area (Å²) in [5, 5.41) is 10.4. The smallest absolute Gasteiger partial charge is 0.191 e. The van der Waals surface area contributed by atoms with E-state index in [0.29, 0.717) is 19.7 Å². The molecule has 0 aliphatic heterocycles. The van der Waals surface area contributed by atoms with Gasteiger partial charge in [-0.05, 0) is 19.1 Å². The molecule has 0 saturated carbocycles. The van der Waals surface area contributed by atoms with E-state index in [2.05, 4.69) is 30.7 Å². The molecule has 0 aliphatic rings. The highest BCUT2D eigenvalue weighted by Gasteiger charge is 2.01. The van der Waals surface area contributed by atoms with Crippen molar-refractivity contribution >= 4 is 5.96 Å². The molecule has 0 aromatic carbocycles. The maximum Gasteiger partial charge on any atom is 0.191 e. The summed E-state index contributed by atoms with van der Waals surface area (Å²) in [6.45, 7) is 4.44. The van der Waals surface area contributed by atoms with Crippen LogP contribution in [0.2, 0.25) is 0 Å². The molecule has 8 heteroatoms. The van der Waals surface area contributed by atoms with E-state index < -0.39 is 0 Å². The van der Waals surface area contributed by atoms with Crippen LogP contribution in [0.15, 0.2) is 35.8 Å². The van der Waals surface area contributed by atoms with Crippen LogP contribution in [0.1, 0.15) is 12.7 Å². The summed E-state index contributed by atoms with van der Waals surface area (Å²) in [7, 11) is 1.85. The van der Waals surface area contributed by atoms with E-state index in [-0.39, 0.29) is 0 Å². The Morgan fingerprint density at radius 3 is 3.00 bits per heavy atom. The minimum atomic E-state index is 0.468. The fourth-order valence-electron chi connectivity index (χ4n) is 1.73. The summed E-state index contributed by atoms with van der Waals surface area (Å²) < 4.78 is 7.28. The lowest BCUT2D eigenvalue weighted by molar-refractivity contribution is 0.320. The second kappa shape index (κ2) is 8.60. The Kier molecular flexibility index (Phi) is 6.16. The van der Waals surface area contributed by atoms with Crippen LogP contribution in [0.25, 0.3) is 0 Å². The lowest BCUT2D eigenvalue weighted by Crippen LogP contribution is -2.39. The summed E-state index contributed by atoms with van der Waals surface area (Å²) >= 11 is 0. The lowest BCUT2D eigenvalue weighted by Gasteiger charge is -2.11. The Balaban J connectivity index is 1.77. The highest BCUT2D eigenvalue weighted by Crippen LogP contribution is 2.04. The predicted molar refractivity (Wildman–Crippen MR) is 83.6 cm³/mol. The number of aliphatic imine (C=N–C) groups is 1. The standard InChI is InChI=1S/C14H21N7O/c1-3-16-14(18-10-13-19-11-20-21(13)2)17-7-8-22-12-5-4-6-15-9-12/h4-6,9,11H,3,7-8,10H2,1-2H3,(H2,16,17,18). The first-order valence-electron chi connectivity index (χ1n) is 7.17. The van der Waals surface area contributed by atoms with Crippen LogP contribution in [0.4, 0.5) is 0 Å². The number of aryl methyl sites for hydroxylation is 1. The van der Waals surface area contributed by atoms with Gasteiger partial charge < -0.3 is 15.4 Å². The zero-order valence-electron chi connectivity index (χ0n) is 12.9. The maximum atomic E-state index is 5.57. The molecule has 2 aromatic heterocycles. The zero-order valence-corrected chi connectivity index (χ0v) is 12.9. The molecule has 8 nitrogen and oxygen atoms in total. The van der Waals surface area contributed by atoms with Crippen LogP contribution in [-0.2, 0) is 13.6 Å². The average Bonchev–Trinajstić information content (AvgIpc) is 2.95. The van der Waals surface area contributed by atoms with Crippen molar-refractivity contribution in [2.45, 2.75) is 13.5 Å². The third-order valence-corrected chi connectivity index (χ3v) is 2.83. The van der Waals surface area contributed by atoms with Gasteiger partial charge in [-0.3, -0.25) is 9.67 Å². The van der Waals surface area contributed by atoms with E-state index in [9.17, 15) is 0 Å².